The maximum Gasteiger partial charge on any atom is 0.340 e. The summed E-state index contributed by atoms with van der Waals surface area (Å²) in [4.78, 5) is 20.4. The number of methoxy groups -OCH3 is 1. The summed E-state index contributed by atoms with van der Waals surface area (Å²) in [6.45, 7) is 0. The zero-order valence-corrected chi connectivity index (χ0v) is 13.1. The summed E-state index contributed by atoms with van der Waals surface area (Å²) in [5, 5.41) is 0. The van der Waals surface area contributed by atoms with E-state index in [2.05, 4.69) is 9.97 Å². The normalized spacial score (nSPS) is 11.5. The van der Waals surface area contributed by atoms with Crippen molar-refractivity contribution in [2.24, 2.45) is 0 Å². The average molecular weight is 320 g/mol. The first-order chi connectivity index (χ1) is 11.8. The molecule has 0 bridgehead atoms. The van der Waals surface area contributed by atoms with Crippen LogP contribution in [0.25, 0.3) is 0 Å². The molecule has 0 amide bonds. The third-order valence-electron chi connectivity index (χ3n) is 3.53. The first-order valence-corrected chi connectivity index (χ1v) is 7.43. The lowest BCUT2D eigenvalue weighted by Gasteiger charge is -2.19. The molecule has 1 aromatic carbocycles. The van der Waals surface area contributed by atoms with Gasteiger partial charge in [-0.1, -0.05) is 12.1 Å². The van der Waals surface area contributed by atoms with Crippen molar-refractivity contribution in [2.75, 3.05) is 7.11 Å². The molecule has 0 radical (unpaired) electrons. The highest BCUT2D eigenvalue weighted by Crippen LogP contribution is 2.29. The van der Waals surface area contributed by atoms with Gasteiger partial charge in [-0.2, -0.15) is 0 Å². The molecule has 0 aliphatic heterocycles. The average Bonchev–Trinajstić information content (AvgIpc) is 2.67. The van der Waals surface area contributed by atoms with Crippen molar-refractivity contribution >= 4 is 5.97 Å². The third kappa shape index (κ3) is 3.57. The second-order valence-electron chi connectivity index (χ2n) is 5.08. The molecule has 3 aromatic rings. The van der Waals surface area contributed by atoms with Crippen LogP contribution in [0.4, 0.5) is 0 Å². The number of pyridine rings is 2. The molecule has 2 heterocycles. The predicted molar refractivity (Wildman–Crippen MR) is 88.7 cm³/mol. The molecular weight excluding hydrogens is 304 g/mol. The highest BCUT2D eigenvalue weighted by molar-refractivity contribution is 5.89. The van der Waals surface area contributed by atoms with E-state index in [0.717, 1.165) is 11.1 Å². The number of ether oxygens (including phenoxy) is 2. The van der Waals surface area contributed by atoms with Crippen LogP contribution in [0, 0.1) is 0 Å². The molecular formula is C19H16N2O3. The Labute approximate surface area is 139 Å². The first-order valence-electron chi connectivity index (χ1n) is 7.43. The van der Waals surface area contributed by atoms with E-state index >= 15 is 0 Å². The fraction of sp³-hybridized carbons (Fsp3) is 0.105. The highest BCUT2D eigenvalue weighted by Gasteiger charge is 2.20. The summed E-state index contributed by atoms with van der Waals surface area (Å²) in [5.74, 6) is 0.261. The molecule has 1 atom stereocenters. The molecule has 1 unspecified atom stereocenters. The molecule has 3 rings (SSSR count). The van der Waals surface area contributed by atoms with Crippen LogP contribution in [0.5, 0.6) is 5.75 Å². The van der Waals surface area contributed by atoms with E-state index in [1.165, 1.54) is 6.20 Å². The molecule has 120 valence electrons. The number of esters is 1. The molecule has 24 heavy (non-hydrogen) atoms. The summed E-state index contributed by atoms with van der Waals surface area (Å²) in [6.07, 6.45) is 5.87. The molecule has 2 aromatic heterocycles. The largest absolute Gasteiger partial charge is 0.497 e. The number of carbonyl (C=O) groups excluding carboxylic acids is 1. The summed E-state index contributed by atoms with van der Waals surface area (Å²) in [6, 6.07) is 14.5. The monoisotopic (exact) mass is 320 g/mol. The van der Waals surface area contributed by atoms with Crippen LogP contribution < -0.4 is 4.74 Å². The minimum absolute atomic E-state index is 0.402. The van der Waals surface area contributed by atoms with Crippen molar-refractivity contribution in [1.82, 2.24) is 9.97 Å². The van der Waals surface area contributed by atoms with Crippen molar-refractivity contribution in [3.05, 3.63) is 90.0 Å². The Kier molecular flexibility index (Phi) is 4.81. The van der Waals surface area contributed by atoms with Gasteiger partial charge in [-0.3, -0.25) is 9.97 Å². The van der Waals surface area contributed by atoms with Crippen molar-refractivity contribution < 1.29 is 14.3 Å². The Bertz CT molecular complexity index is 807. The molecule has 0 aliphatic rings. The smallest absolute Gasteiger partial charge is 0.340 e. The lowest BCUT2D eigenvalue weighted by atomic mass is 10.0. The van der Waals surface area contributed by atoms with Gasteiger partial charge in [0.15, 0.2) is 6.10 Å². The maximum absolute atomic E-state index is 12.4. The molecule has 5 nitrogen and oxygen atoms in total. The van der Waals surface area contributed by atoms with Gasteiger partial charge in [0, 0.05) is 35.9 Å². The Morgan fingerprint density at radius 1 is 0.958 bits per heavy atom. The van der Waals surface area contributed by atoms with E-state index in [-0.39, 0.29) is 0 Å². The van der Waals surface area contributed by atoms with Crippen LogP contribution in [0.2, 0.25) is 0 Å². The molecule has 5 heteroatoms. The lowest BCUT2D eigenvalue weighted by molar-refractivity contribution is 0.0377. The summed E-state index contributed by atoms with van der Waals surface area (Å²) >= 11 is 0. The van der Waals surface area contributed by atoms with Crippen LogP contribution in [0.1, 0.15) is 27.6 Å². The first kappa shape index (κ1) is 15.7. The van der Waals surface area contributed by atoms with E-state index in [0.29, 0.717) is 11.3 Å². The standard InChI is InChI=1S/C19H16N2O3/c1-23-17-6-2-4-15(12-17)18(14-7-10-20-11-8-14)24-19(22)16-5-3-9-21-13-16/h2-13,18H,1H3. The molecule has 0 saturated carbocycles. The predicted octanol–water partition coefficient (Wildman–Crippen LogP) is 3.43. The second kappa shape index (κ2) is 7.37. The topological polar surface area (TPSA) is 61.3 Å². The summed E-state index contributed by atoms with van der Waals surface area (Å²) in [7, 11) is 1.60. The maximum atomic E-state index is 12.4. The van der Waals surface area contributed by atoms with Gasteiger partial charge in [0.05, 0.1) is 12.7 Å². The number of aromatic nitrogens is 2. The number of nitrogens with zero attached hydrogens (tertiary/aromatic N) is 2. The molecule has 0 fully saturated rings. The van der Waals surface area contributed by atoms with Crippen LogP contribution in [-0.4, -0.2) is 23.0 Å². The fourth-order valence-electron chi connectivity index (χ4n) is 2.33. The number of hydrogen-bond acceptors (Lipinski definition) is 5. The zero-order chi connectivity index (χ0) is 16.8. The minimum Gasteiger partial charge on any atom is -0.497 e. The van der Waals surface area contributed by atoms with Gasteiger partial charge in [-0.05, 0) is 36.4 Å². The van der Waals surface area contributed by atoms with Crippen LogP contribution in [-0.2, 0) is 4.74 Å². The van der Waals surface area contributed by atoms with Gasteiger partial charge >= 0.3 is 5.97 Å². The van der Waals surface area contributed by atoms with E-state index in [9.17, 15) is 4.79 Å². The Balaban J connectivity index is 1.95. The van der Waals surface area contributed by atoms with Crippen LogP contribution in [0.3, 0.4) is 0 Å². The summed E-state index contributed by atoms with van der Waals surface area (Å²) in [5.41, 5.74) is 2.05. The van der Waals surface area contributed by atoms with Crippen LogP contribution in [0.15, 0.2) is 73.3 Å². The van der Waals surface area contributed by atoms with Gasteiger partial charge in [0.1, 0.15) is 5.75 Å². The third-order valence-corrected chi connectivity index (χ3v) is 3.53. The van der Waals surface area contributed by atoms with Gasteiger partial charge in [0.2, 0.25) is 0 Å². The van der Waals surface area contributed by atoms with Gasteiger partial charge in [0.25, 0.3) is 0 Å². The molecule has 0 aliphatic carbocycles. The number of hydrogen-bond donors (Lipinski definition) is 0. The van der Waals surface area contributed by atoms with Crippen LogP contribution >= 0.6 is 0 Å². The highest BCUT2D eigenvalue weighted by atomic mass is 16.5. The van der Waals surface area contributed by atoms with Crippen molar-refractivity contribution in [3.63, 3.8) is 0 Å². The van der Waals surface area contributed by atoms with Gasteiger partial charge in [-0.25, -0.2) is 4.79 Å². The van der Waals surface area contributed by atoms with E-state index in [1.807, 2.05) is 36.4 Å². The fourth-order valence-corrected chi connectivity index (χ4v) is 2.33. The van der Waals surface area contributed by atoms with Crippen molar-refractivity contribution in [2.45, 2.75) is 6.10 Å². The van der Waals surface area contributed by atoms with E-state index < -0.39 is 12.1 Å². The van der Waals surface area contributed by atoms with Crippen molar-refractivity contribution in [3.8, 4) is 5.75 Å². The molecule has 0 saturated heterocycles. The van der Waals surface area contributed by atoms with E-state index in [1.54, 1.807) is 37.8 Å². The Hall–Kier alpha value is -3.21. The SMILES string of the molecule is COc1cccc(C(OC(=O)c2cccnc2)c2ccncc2)c1. The lowest BCUT2D eigenvalue weighted by Crippen LogP contribution is -2.13. The second-order valence-corrected chi connectivity index (χ2v) is 5.08. The Morgan fingerprint density at radius 3 is 2.50 bits per heavy atom. The number of benzene rings is 1. The molecule has 0 N–H and O–H groups in total. The number of rotatable bonds is 5. The van der Waals surface area contributed by atoms with E-state index in [4.69, 9.17) is 9.47 Å². The molecule has 0 spiro atoms. The minimum atomic E-state index is -0.559. The quantitative estimate of drug-likeness (QED) is 0.674. The zero-order valence-electron chi connectivity index (χ0n) is 13.1. The van der Waals surface area contributed by atoms with Crippen molar-refractivity contribution in [1.29, 1.82) is 0 Å². The summed E-state index contributed by atoms with van der Waals surface area (Å²) < 4.78 is 11.0. The van der Waals surface area contributed by atoms with Gasteiger partial charge < -0.3 is 9.47 Å². The Morgan fingerprint density at radius 2 is 1.79 bits per heavy atom. The van der Waals surface area contributed by atoms with Gasteiger partial charge in [-0.15, -0.1) is 0 Å². The number of carbonyl (C=O) groups is 1.